The third-order valence-electron chi connectivity index (χ3n) is 3.91. The van der Waals surface area contributed by atoms with Crippen LogP contribution in [-0.2, 0) is 4.79 Å². The molecular weight excluding hydrogens is 247 g/mol. The van der Waals surface area contributed by atoms with Crippen LogP contribution in [0.25, 0.3) is 0 Å². The Morgan fingerprint density at radius 2 is 2.16 bits per heavy atom. The number of hydrogen-bond donors (Lipinski definition) is 2. The van der Waals surface area contributed by atoms with E-state index in [1.807, 2.05) is 0 Å². The van der Waals surface area contributed by atoms with Crippen LogP contribution in [0.5, 0.6) is 0 Å². The van der Waals surface area contributed by atoms with Crippen LogP contribution in [0.3, 0.4) is 0 Å². The number of carbonyl (C=O) groups is 1. The monoisotopic (exact) mass is 262 g/mol. The second kappa shape index (κ2) is 4.64. The summed E-state index contributed by atoms with van der Waals surface area (Å²) in [6.07, 6.45) is 1.94. The van der Waals surface area contributed by atoms with Gasteiger partial charge in [0.2, 0.25) is 0 Å². The van der Waals surface area contributed by atoms with E-state index in [4.69, 9.17) is 5.11 Å². The van der Waals surface area contributed by atoms with E-state index in [1.54, 1.807) is 18.2 Å². The number of carboxylic acids is 1. The molecule has 3 unspecified atom stereocenters. The first-order chi connectivity index (χ1) is 9.15. The summed E-state index contributed by atoms with van der Waals surface area (Å²) < 4.78 is 13.7. The van der Waals surface area contributed by atoms with Crippen molar-refractivity contribution in [3.63, 3.8) is 0 Å². The summed E-state index contributed by atoms with van der Waals surface area (Å²) in [6, 6.07) is 6.59. The highest BCUT2D eigenvalue weighted by Gasteiger charge is 2.38. The van der Waals surface area contributed by atoms with Crippen molar-refractivity contribution < 1.29 is 14.3 Å². The quantitative estimate of drug-likeness (QED) is 0.854. The highest BCUT2D eigenvalue weighted by molar-refractivity contribution is 6.00. The lowest BCUT2D eigenvalue weighted by molar-refractivity contribution is -0.143. The average molecular weight is 262 g/mol. The molecule has 0 aromatic heterocycles. The number of nitrogens with one attached hydrogen (secondary N) is 1. The second-order valence-electron chi connectivity index (χ2n) is 5.12. The molecule has 100 valence electrons. The Labute approximate surface area is 110 Å². The molecule has 2 N–H and O–H groups in total. The smallest absolute Gasteiger partial charge is 0.306 e. The zero-order chi connectivity index (χ0) is 13.4. The Morgan fingerprint density at radius 1 is 1.37 bits per heavy atom. The highest BCUT2D eigenvalue weighted by Crippen LogP contribution is 2.30. The Morgan fingerprint density at radius 3 is 2.89 bits per heavy atom. The van der Waals surface area contributed by atoms with E-state index in [9.17, 15) is 9.18 Å². The van der Waals surface area contributed by atoms with Crippen molar-refractivity contribution in [2.24, 2.45) is 10.9 Å². The second-order valence-corrected chi connectivity index (χ2v) is 5.12. The maximum atomic E-state index is 13.7. The first-order valence-electron chi connectivity index (χ1n) is 6.47. The lowest BCUT2D eigenvalue weighted by Gasteiger charge is -2.28. The van der Waals surface area contributed by atoms with Gasteiger partial charge in [0.15, 0.2) is 0 Å². The van der Waals surface area contributed by atoms with Gasteiger partial charge in [0.1, 0.15) is 11.7 Å². The maximum Gasteiger partial charge on any atom is 0.306 e. The molecule has 1 fully saturated rings. The maximum absolute atomic E-state index is 13.7. The molecule has 1 heterocycles. The van der Waals surface area contributed by atoms with Crippen LogP contribution < -0.4 is 5.32 Å². The number of rotatable bonds is 2. The molecule has 0 spiro atoms. The van der Waals surface area contributed by atoms with Crippen molar-refractivity contribution in [1.29, 1.82) is 0 Å². The molecule has 0 saturated heterocycles. The molecule has 1 aliphatic heterocycles. The van der Waals surface area contributed by atoms with Crippen molar-refractivity contribution >= 4 is 11.8 Å². The third kappa shape index (κ3) is 2.20. The molecular formula is C14H15FN2O2. The summed E-state index contributed by atoms with van der Waals surface area (Å²) in [6.45, 7) is 0. The minimum absolute atomic E-state index is 0.0180. The number of halogens is 1. The Bertz CT molecular complexity index is 544. The Balaban J connectivity index is 1.79. The molecule has 19 heavy (non-hydrogen) atoms. The summed E-state index contributed by atoms with van der Waals surface area (Å²) in [5.41, 5.74) is 0.462. The van der Waals surface area contributed by atoms with E-state index < -0.39 is 5.97 Å². The van der Waals surface area contributed by atoms with E-state index in [0.29, 0.717) is 24.2 Å². The molecule has 0 bridgehead atoms. The fourth-order valence-corrected chi connectivity index (χ4v) is 2.87. The summed E-state index contributed by atoms with van der Waals surface area (Å²) in [4.78, 5) is 15.5. The molecule has 1 aromatic carbocycles. The van der Waals surface area contributed by atoms with E-state index in [-0.39, 0.29) is 23.8 Å². The number of amidine groups is 1. The molecule has 3 atom stereocenters. The lowest BCUT2D eigenvalue weighted by atomic mass is 9.83. The van der Waals surface area contributed by atoms with Crippen LogP contribution in [0.4, 0.5) is 4.39 Å². The number of fused-ring (bicyclic) bond motifs is 1. The van der Waals surface area contributed by atoms with Crippen molar-refractivity contribution in [3.05, 3.63) is 35.6 Å². The van der Waals surface area contributed by atoms with Gasteiger partial charge in [-0.05, 0) is 31.4 Å². The van der Waals surface area contributed by atoms with Crippen LogP contribution in [0.2, 0.25) is 0 Å². The number of aliphatic carboxylic acids is 1. The molecule has 0 radical (unpaired) electrons. The van der Waals surface area contributed by atoms with E-state index in [0.717, 1.165) is 6.42 Å². The number of carboxylic acid groups (broad SMARTS) is 1. The predicted octanol–water partition coefficient (Wildman–Crippen LogP) is 1.80. The van der Waals surface area contributed by atoms with Crippen molar-refractivity contribution in [2.75, 3.05) is 0 Å². The van der Waals surface area contributed by atoms with Gasteiger partial charge >= 0.3 is 5.97 Å². The lowest BCUT2D eigenvalue weighted by Crippen LogP contribution is -2.41. The van der Waals surface area contributed by atoms with Crippen LogP contribution in [0.15, 0.2) is 29.3 Å². The summed E-state index contributed by atoms with van der Waals surface area (Å²) in [5, 5.41) is 12.2. The average Bonchev–Trinajstić information content (AvgIpc) is 2.81. The summed E-state index contributed by atoms with van der Waals surface area (Å²) in [7, 11) is 0. The number of nitrogens with zero attached hydrogens (tertiary/aromatic N) is 1. The highest BCUT2D eigenvalue weighted by atomic mass is 19.1. The number of hydrogen-bond acceptors (Lipinski definition) is 3. The molecule has 4 nitrogen and oxygen atoms in total. The van der Waals surface area contributed by atoms with Crippen molar-refractivity contribution in [1.82, 2.24) is 5.32 Å². The van der Waals surface area contributed by atoms with Crippen LogP contribution in [0.1, 0.15) is 24.8 Å². The minimum Gasteiger partial charge on any atom is -0.481 e. The number of aliphatic imine (C=N–C) groups is 1. The van der Waals surface area contributed by atoms with Crippen LogP contribution in [0, 0.1) is 11.7 Å². The standard InChI is InChI=1S/C14H15FN2O2/c15-10-4-2-1-3-9(10)13-16-11-6-5-8(14(18)19)7-12(11)17-13/h1-4,8,11-12H,5-7H2,(H,16,17)(H,18,19). The third-order valence-corrected chi connectivity index (χ3v) is 3.91. The van der Waals surface area contributed by atoms with Gasteiger partial charge in [0, 0.05) is 0 Å². The van der Waals surface area contributed by atoms with Crippen LogP contribution >= 0.6 is 0 Å². The first-order valence-corrected chi connectivity index (χ1v) is 6.47. The zero-order valence-corrected chi connectivity index (χ0v) is 10.3. The van der Waals surface area contributed by atoms with Gasteiger partial charge in [-0.15, -0.1) is 0 Å². The van der Waals surface area contributed by atoms with Crippen LogP contribution in [-0.4, -0.2) is 29.0 Å². The van der Waals surface area contributed by atoms with E-state index >= 15 is 0 Å². The Hall–Kier alpha value is -1.91. The summed E-state index contributed by atoms with van der Waals surface area (Å²) >= 11 is 0. The summed E-state index contributed by atoms with van der Waals surface area (Å²) in [5.74, 6) is -0.815. The Kier molecular flexibility index (Phi) is 2.97. The van der Waals surface area contributed by atoms with Gasteiger partial charge in [-0.25, -0.2) is 4.39 Å². The predicted molar refractivity (Wildman–Crippen MR) is 68.6 cm³/mol. The SMILES string of the molecule is O=C(O)C1CCC2N=C(c3ccccc3F)NC2C1. The van der Waals surface area contributed by atoms with Gasteiger partial charge < -0.3 is 10.4 Å². The number of benzene rings is 1. The fourth-order valence-electron chi connectivity index (χ4n) is 2.87. The fraction of sp³-hybridized carbons (Fsp3) is 0.429. The molecule has 2 aliphatic rings. The van der Waals surface area contributed by atoms with Crippen molar-refractivity contribution in [3.8, 4) is 0 Å². The topological polar surface area (TPSA) is 61.7 Å². The van der Waals surface area contributed by atoms with E-state index in [1.165, 1.54) is 6.07 Å². The molecule has 5 heteroatoms. The zero-order valence-electron chi connectivity index (χ0n) is 10.3. The molecule has 1 saturated carbocycles. The van der Waals surface area contributed by atoms with Gasteiger partial charge in [0.05, 0.1) is 23.6 Å². The molecule has 1 aliphatic carbocycles. The molecule has 0 amide bonds. The molecule has 3 rings (SSSR count). The van der Waals surface area contributed by atoms with Gasteiger partial charge in [0.25, 0.3) is 0 Å². The normalized spacial score (nSPS) is 29.3. The first kappa shape index (κ1) is 12.1. The van der Waals surface area contributed by atoms with E-state index in [2.05, 4.69) is 10.3 Å². The minimum atomic E-state index is -0.750. The largest absolute Gasteiger partial charge is 0.481 e. The van der Waals surface area contributed by atoms with Gasteiger partial charge in [-0.2, -0.15) is 0 Å². The van der Waals surface area contributed by atoms with Gasteiger partial charge in [-0.3, -0.25) is 9.79 Å². The van der Waals surface area contributed by atoms with Gasteiger partial charge in [-0.1, -0.05) is 12.1 Å². The molecule has 1 aromatic rings. The van der Waals surface area contributed by atoms with Crippen molar-refractivity contribution in [2.45, 2.75) is 31.3 Å².